The first-order chi connectivity index (χ1) is 8.28. The monoisotopic (exact) mass is 235 g/mol. The van der Waals surface area contributed by atoms with Crippen LogP contribution in [0.1, 0.15) is 30.0 Å². The zero-order valence-corrected chi connectivity index (χ0v) is 10.7. The molecular weight excluding hydrogens is 214 g/mol. The lowest BCUT2D eigenvalue weighted by Gasteiger charge is -2.32. The van der Waals surface area contributed by atoms with Gasteiger partial charge < -0.3 is 4.74 Å². The zero-order valence-electron chi connectivity index (χ0n) is 10.7. The van der Waals surface area contributed by atoms with Crippen molar-refractivity contribution < 1.29 is 4.74 Å². The molecule has 1 unspecified atom stereocenters. The molecular formula is C13H21N3O. The second-order valence-electron chi connectivity index (χ2n) is 5.47. The van der Waals surface area contributed by atoms with Crippen LogP contribution in [0.4, 0.5) is 0 Å². The van der Waals surface area contributed by atoms with Gasteiger partial charge in [0.25, 0.3) is 0 Å². The van der Waals surface area contributed by atoms with E-state index in [2.05, 4.69) is 10.00 Å². The van der Waals surface area contributed by atoms with Crippen LogP contribution in [0.25, 0.3) is 0 Å². The number of fused-ring (bicyclic) bond motifs is 1. The minimum absolute atomic E-state index is 0.481. The number of ether oxygens (including phenoxy) is 1. The largest absolute Gasteiger partial charge is 0.384 e. The van der Waals surface area contributed by atoms with Gasteiger partial charge in [0.1, 0.15) is 0 Å². The molecule has 0 amide bonds. The number of methoxy groups -OCH3 is 1. The summed E-state index contributed by atoms with van der Waals surface area (Å²) in [7, 11) is 3.83. The van der Waals surface area contributed by atoms with Gasteiger partial charge in [-0.15, -0.1) is 0 Å². The highest BCUT2D eigenvalue weighted by atomic mass is 16.5. The van der Waals surface area contributed by atoms with Gasteiger partial charge in [-0.2, -0.15) is 5.10 Å². The number of hydrogen-bond donors (Lipinski definition) is 0. The standard InChI is InChI=1S/C13H21N3O/c1-15-13-11(5-14-15)7-16(6-10-3-4-10)8-12(13)9-17-2/h5,10,12H,3-4,6-9H2,1-2H3. The van der Waals surface area contributed by atoms with Gasteiger partial charge in [0.2, 0.25) is 0 Å². The Morgan fingerprint density at radius 1 is 1.47 bits per heavy atom. The minimum Gasteiger partial charge on any atom is -0.384 e. The third-order valence-electron chi connectivity index (χ3n) is 3.90. The smallest absolute Gasteiger partial charge is 0.0558 e. The number of nitrogens with zero attached hydrogens (tertiary/aromatic N) is 3. The normalized spacial score (nSPS) is 24.9. The highest BCUT2D eigenvalue weighted by Crippen LogP contribution is 2.34. The summed E-state index contributed by atoms with van der Waals surface area (Å²) in [6.07, 6.45) is 4.87. The summed E-state index contributed by atoms with van der Waals surface area (Å²) in [6.45, 7) is 4.25. The summed E-state index contributed by atoms with van der Waals surface area (Å²) < 4.78 is 7.39. The highest BCUT2D eigenvalue weighted by molar-refractivity contribution is 5.25. The van der Waals surface area contributed by atoms with Crippen molar-refractivity contribution in [3.63, 3.8) is 0 Å². The van der Waals surface area contributed by atoms with Crippen LogP contribution in [0.15, 0.2) is 6.20 Å². The average Bonchev–Trinajstić information content (AvgIpc) is 3.03. The molecule has 1 aromatic heterocycles. The lowest BCUT2D eigenvalue weighted by atomic mass is 9.97. The molecule has 2 heterocycles. The molecule has 4 heteroatoms. The van der Waals surface area contributed by atoms with Crippen LogP contribution in [0.3, 0.4) is 0 Å². The van der Waals surface area contributed by atoms with E-state index in [0.29, 0.717) is 5.92 Å². The Kier molecular flexibility index (Phi) is 2.92. The van der Waals surface area contributed by atoms with E-state index in [0.717, 1.165) is 25.6 Å². The van der Waals surface area contributed by atoms with Gasteiger partial charge in [0.15, 0.2) is 0 Å². The molecule has 1 fully saturated rings. The first-order valence-corrected chi connectivity index (χ1v) is 6.50. The Morgan fingerprint density at radius 3 is 3.00 bits per heavy atom. The molecule has 0 saturated heterocycles. The number of aryl methyl sites for hydroxylation is 1. The average molecular weight is 235 g/mol. The fourth-order valence-corrected chi connectivity index (χ4v) is 2.98. The van der Waals surface area contributed by atoms with Crippen molar-refractivity contribution >= 4 is 0 Å². The van der Waals surface area contributed by atoms with Crippen LogP contribution in [0.2, 0.25) is 0 Å². The molecule has 0 N–H and O–H groups in total. The second kappa shape index (κ2) is 4.42. The molecule has 2 aliphatic rings. The molecule has 17 heavy (non-hydrogen) atoms. The van der Waals surface area contributed by atoms with E-state index in [1.54, 1.807) is 7.11 Å². The predicted molar refractivity (Wildman–Crippen MR) is 65.8 cm³/mol. The first-order valence-electron chi connectivity index (χ1n) is 6.50. The quantitative estimate of drug-likeness (QED) is 0.789. The highest BCUT2D eigenvalue weighted by Gasteiger charge is 2.32. The molecule has 0 spiro atoms. The summed E-state index contributed by atoms with van der Waals surface area (Å²) in [6, 6.07) is 0. The van der Waals surface area contributed by atoms with E-state index in [9.17, 15) is 0 Å². The van der Waals surface area contributed by atoms with Crippen molar-refractivity contribution in [1.82, 2.24) is 14.7 Å². The zero-order chi connectivity index (χ0) is 11.8. The van der Waals surface area contributed by atoms with E-state index in [-0.39, 0.29) is 0 Å². The fraction of sp³-hybridized carbons (Fsp3) is 0.769. The maximum absolute atomic E-state index is 5.36. The second-order valence-corrected chi connectivity index (χ2v) is 5.47. The lowest BCUT2D eigenvalue weighted by molar-refractivity contribution is 0.133. The molecule has 3 rings (SSSR count). The van der Waals surface area contributed by atoms with E-state index in [1.807, 2.05) is 17.9 Å². The van der Waals surface area contributed by atoms with E-state index in [4.69, 9.17) is 4.74 Å². The van der Waals surface area contributed by atoms with E-state index in [1.165, 1.54) is 30.6 Å². The predicted octanol–water partition coefficient (Wildman–Crippen LogP) is 1.38. The van der Waals surface area contributed by atoms with Crippen LogP contribution >= 0.6 is 0 Å². The molecule has 1 aliphatic heterocycles. The van der Waals surface area contributed by atoms with Gasteiger partial charge in [-0.1, -0.05) is 0 Å². The van der Waals surface area contributed by atoms with E-state index >= 15 is 0 Å². The van der Waals surface area contributed by atoms with Crippen molar-refractivity contribution in [2.75, 3.05) is 26.8 Å². The molecule has 0 bridgehead atoms. The molecule has 1 atom stereocenters. The van der Waals surface area contributed by atoms with Gasteiger partial charge in [0, 0.05) is 51.0 Å². The van der Waals surface area contributed by atoms with Crippen molar-refractivity contribution in [3.8, 4) is 0 Å². The fourth-order valence-electron chi connectivity index (χ4n) is 2.98. The maximum atomic E-state index is 5.36. The van der Waals surface area contributed by atoms with Gasteiger partial charge in [-0.05, 0) is 18.8 Å². The molecule has 1 aromatic rings. The maximum Gasteiger partial charge on any atom is 0.0558 e. The number of aromatic nitrogens is 2. The third-order valence-corrected chi connectivity index (χ3v) is 3.90. The molecule has 0 aromatic carbocycles. The third kappa shape index (κ3) is 2.24. The Balaban J connectivity index is 1.79. The lowest BCUT2D eigenvalue weighted by Crippen LogP contribution is -2.37. The molecule has 1 aliphatic carbocycles. The SMILES string of the molecule is COCC1CN(CC2CC2)Cc2cnn(C)c21. The van der Waals surface area contributed by atoms with Gasteiger partial charge >= 0.3 is 0 Å². The Hall–Kier alpha value is -0.870. The van der Waals surface area contributed by atoms with Crippen LogP contribution < -0.4 is 0 Å². The van der Waals surface area contributed by atoms with Crippen LogP contribution in [-0.2, 0) is 18.3 Å². The topological polar surface area (TPSA) is 30.3 Å². The van der Waals surface area contributed by atoms with Gasteiger partial charge in [0.05, 0.1) is 12.8 Å². The van der Waals surface area contributed by atoms with Crippen molar-refractivity contribution in [2.45, 2.75) is 25.3 Å². The number of rotatable bonds is 4. The molecule has 1 saturated carbocycles. The van der Waals surface area contributed by atoms with Crippen molar-refractivity contribution in [1.29, 1.82) is 0 Å². The molecule has 0 radical (unpaired) electrons. The Labute approximate surface area is 103 Å². The summed E-state index contributed by atoms with van der Waals surface area (Å²) in [5, 5.41) is 4.39. The van der Waals surface area contributed by atoms with Crippen LogP contribution in [0, 0.1) is 5.92 Å². The summed E-state index contributed by atoms with van der Waals surface area (Å²) in [4.78, 5) is 2.57. The Bertz CT molecular complexity index is 397. The number of hydrogen-bond acceptors (Lipinski definition) is 3. The minimum atomic E-state index is 0.481. The molecule has 94 valence electrons. The molecule has 4 nitrogen and oxygen atoms in total. The van der Waals surface area contributed by atoms with Crippen molar-refractivity contribution in [2.24, 2.45) is 13.0 Å². The van der Waals surface area contributed by atoms with Gasteiger partial charge in [-0.3, -0.25) is 9.58 Å². The summed E-state index contributed by atoms with van der Waals surface area (Å²) >= 11 is 0. The van der Waals surface area contributed by atoms with Gasteiger partial charge in [-0.25, -0.2) is 0 Å². The van der Waals surface area contributed by atoms with Crippen molar-refractivity contribution in [3.05, 3.63) is 17.5 Å². The first kappa shape index (κ1) is 11.2. The van der Waals surface area contributed by atoms with Crippen LogP contribution in [0.5, 0.6) is 0 Å². The summed E-state index contributed by atoms with van der Waals surface area (Å²) in [5.74, 6) is 1.44. The van der Waals surface area contributed by atoms with E-state index < -0.39 is 0 Å². The van der Waals surface area contributed by atoms with Crippen LogP contribution in [-0.4, -0.2) is 41.5 Å². The Morgan fingerprint density at radius 2 is 2.29 bits per heavy atom. The summed E-state index contributed by atoms with van der Waals surface area (Å²) in [5.41, 5.74) is 2.76.